The van der Waals surface area contributed by atoms with Gasteiger partial charge >= 0.3 is 6.18 Å². The van der Waals surface area contributed by atoms with Crippen LogP contribution in [0.1, 0.15) is 60.8 Å². The number of hydrogen-bond donors (Lipinski definition) is 1. The van der Waals surface area contributed by atoms with Crippen LogP contribution >= 0.6 is 0 Å². The SMILES string of the molecule is CCC1(C)CCN(C2=CCC(C)C(N/C=C(/C(=O)C(F)(F)F)C(C)(C)C)=C2)C=C1C=O. The zero-order chi connectivity index (χ0) is 23.6. The molecule has 4 nitrogen and oxygen atoms in total. The molecule has 0 saturated carbocycles. The normalized spacial score (nSPS) is 25.5. The fraction of sp³-hybridized carbons (Fsp3) is 0.583. The number of alkyl halides is 3. The smallest absolute Gasteiger partial charge is 0.364 e. The molecule has 1 heterocycles. The number of aldehydes is 1. The lowest BCUT2D eigenvalue weighted by Crippen LogP contribution is -2.34. The van der Waals surface area contributed by atoms with E-state index in [2.05, 4.69) is 25.2 Å². The van der Waals surface area contributed by atoms with Crippen LogP contribution in [0.2, 0.25) is 0 Å². The van der Waals surface area contributed by atoms with Gasteiger partial charge in [0.2, 0.25) is 0 Å². The highest BCUT2D eigenvalue weighted by atomic mass is 19.4. The van der Waals surface area contributed by atoms with Crippen molar-refractivity contribution in [1.29, 1.82) is 0 Å². The molecule has 0 aromatic heterocycles. The summed E-state index contributed by atoms with van der Waals surface area (Å²) >= 11 is 0. The van der Waals surface area contributed by atoms with Crippen molar-refractivity contribution in [3.05, 3.63) is 47.1 Å². The maximum Gasteiger partial charge on any atom is 0.454 e. The zero-order valence-electron chi connectivity index (χ0n) is 19.2. The molecule has 0 fully saturated rings. The van der Waals surface area contributed by atoms with Gasteiger partial charge in [0.15, 0.2) is 0 Å². The van der Waals surface area contributed by atoms with Gasteiger partial charge in [-0.15, -0.1) is 0 Å². The van der Waals surface area contributed by atoms with Gasteiger partial charge in [-0.25, -0.2) is 0 Å². The van der Waals surface area contributed by atoms with Crippen LogP contribution in [-0.2, 0) is 9.59 Å². The van der Waals surface area contributed by atoms with Crippen LogP contribution in [0, 0.1) is 16.7 Å². The van der Waals surface area contributed by atoms with Crippen molar-refractivity contribution in [2.75, 3.05) is 6.54 Å². The summed E-state index contributed by atoms with van der Waals surface area (Å²) in [5.41, 5.74) is 0.951. The van der Waals surface area contributed by atoms with Gasteiger partial charge in [-0.2, -0.15) is 13.2 Å². The molecule has 0 aromatic rings. The number of carbonyl (C=O) groups excluding carboxylic acids is 2. The van der Waals surface area contributed by atoms with Crippen LogP contribution in [0.5, 0.6) is 0 Å². The molecule has 2 unspecified atom stereocenters. The van der Waals surface area contributed by atoms with Crippen molar-refractivity contribution in [3.63, 3.8) is 0 Å². The number of hydrogen-bond acceptors (Lipinski definition) is 4. The average Bonchev–Trinajstić information content (AvgIpc) is 2.68. The van der Waals surface area contributed by atoms with Gasteiger partial charge in [-0.3, -0.25) is 9.59 Å². The Bertz CT molecular complexity index is 844. The molecule has 2 atom stereocenters. The molecular weight excluding hydrogens is 405 g/mol. The second kappa shape index (κ2) is 9.05. The van der Waals surface area contributed by atoms with Crippen LogP contribution in [-0.4, -0.2) is 29.7 Å². The van der Waals surface area contributed by atoms with Crippen molar-refractivity contribution >= 4 is 12.1 Å². The molecule has 0 saturated heterocycles. The number of nitrogens with one attached hydrogen (secondary N) is 1. The molecule has 31 heavy (non-hydrogen) atoms. The highest BCUT2D eigenvalue weighted by molar-refractivity contribution is 6.00. The van der Waals surface area contributed by atoms with Crippen molar-refractivity contribution in [1.82, 2.24) is 10.2 Å². The summed E-state index contributed by atoms with van der Waals surface area (Å²) in [7, 11) is 0. The molecule has 1 N–H and O–H groups in total. The lowest BCUT2D eigenvalue weighted by molar-refractivity contribution is -0.167. The zero-order valence-corrected chi connectivity index (χ0v) is 19.2. The van der Waals surface area contributed by atoms with Crippen LogP contribution in [0.25, 0.3) is 0 Å². The van der Waals surface area contributed by atoms with E-state index in [4.69, 9.17) is 0 Å². The number of ketones is 1. The standard InChI is InChI=1S/C24H33F3N2O2/c1-7-23(6)10-11-29(14-17(23)15-30)18-9-8-16(2)20(12-18)28-13-19(22(3,4)5)21(31)24(25,26)27/h9,12-16,28H,7-8,10-11H2,1-6H3/b19-13-. The van der Waals surface area contributed by atoms with Gasteiger partial charge in [0.25, 0.3) is 5.78 Å². The molecular formula is C24H33F3N2O2. The van der Waals surface area contributed by atoms with E-state index in [0.29, 0.717) is 6.42 Å². The third kappa shape index (κ3) is 5.69. The number of rotatable bonds is 6. The van der Waals surface area contributed by atoms with Gasteiger partial charge in [-0.1, -0.05) is 47.6 Å². The highest BCUT2D eigenvalue weighted by Crippen LogP contribution is 2.39. The van der Waals surface area contributed by atoms with E-state index in [1.807, 2.05) is 24.1 Å². The minimum atomic E-state index is -4.92. The van der Waals surface area contributed by atoms with Crippen molar-refractivity contribution in [3.8, 4) is 0 Å². The molecule has 0 amide bonds. The quantitative estimate of drug-likeness (QED) is 0.430. The minimum absolute atomic E-state index is 0.0578. The number of halogens is 3. The Kier molecular flexibility index (Phi) is 7.28. The minimum Gasteiger partial charge on any atom is -0.364 e. The Morgan fingerprint density at radius 3 is 2.48 bits per heavy atom. The molecule has 1 aliphatic heterocycles. The molecule has 172 valence electrons. The van der Waals surface area contributed by atoms with E-state index >= 15 is 0 Å². The molecule has 0 aromatic carbocycles. The molecule has 0 bridgehead atoms. The van der Waals surface area contributed by atoms with Gasteiger partial charge < -0.3 is 10.2 Å². The Balaban J connectivity index is 2.32. The van der Waals surface area contributed by atoms with Gasteiger partial charge in [0.1, 0.15) is 6.29 Å². The fourth-order valence-electron chi connectivity index (χ4n) is 3.76. The Labute approximate surface area is 182 Å². The van der Waals surface area contributed by atoms with Crippen molar-refractivity contribution in [2.45, 2.75) is 67.0 Å². The van der Waals surface area contributed by atoms with Gasteiger partial charge in [-0.05, 0) is 42.1 Å². The maximum atomic E-state index is 13.1. The van der Waals surface area contributed by atoms with E-state index < -0.39 is 17.4 Å². The van der Waals surface area contributed by atoms with Crippen LogP contribution in [0.15, 0.2) is 47.1 Å². The molecule has 7 heteroatoms. The summed E-state index contributed by atoms with van der Waals surface area (Å²) in [5.74, 6) is -1.77. The molecule has 2 aliphatic rings. The lowest BCUT2D eigenvalue weighted by Gasteiger charge is -2.39. The first-order chi connectivity index (χ1) is 14.2. The van der Waals surface area contributed by atoms with E-state index in [1.54, 1.807) is 20.8 Å². The predicted molar refractivity (Wildman–Crippen MR) is 116 cm³/mol. The summed E-state index contributed by atoms with van der Waals surface area (Å²) < 4.78 is 39.2. The van der Waals surface area contributed by atoms with Crippen molar-refractivity contribution < 1.29 is 22.8 Å². The third-order valence-corrected chi connectivity index (χ3v) is 6.34. The second-order valence-electron chi connectivity index (χ2n) is 9.70. The monoisotopic (exact) mass is 438 g/mol. The number of nitrogens with zero attached hydrogens (tertiary/aromatic N) is 1. The first kappa shape index (κ1) is 25.0. The first-order valence-electron chi connectivity index (χ1n) is 10.7. The molecule has 0 radical (unpaired) electrons. The number of allylic oxidation sites excluding steroid dienone is 5. The van der Waals surface area contributed by atoms with Gasteiger partial charge in [0.05, 0.1) is 0 Å². The van der Waals surface area contributed by atoms with Crippen LogP contribution in [0.4, 0.5) is 13.2 Å². The second-order valence-corrected chi connectivity index (χ2v) is 9.70. The summed E-state index contributed by atoms with van der Waals surface area (Å²) in [4.78, 5) is 25.6. The van der Waals surface area contributed by atoms with E-state index in [1.165, 1.54) is 6.20 Å². The molecule has 2 rings (SSSR count). The maximum absolute atomic E-state index is 13.1. The highest BCUT2D eigenvalue weighted by Gasteiger charge is 2.44. The van der Waals surface area contributed by atoms with Crippen LogP contribution in [0.3, 0.4) is 0 Å². The summed E-state index contributed by atoms with van der Waals surface area (Å²) in [6.07, 6.45) is 5.42. The van der Waals surface area contributed by atoms with E-state index in [9.17, 15) is 22.8 Å². The van der Waals surface area contributed by atoms with Crippen molar-refractivity contribution in [2.24, 2.45) is 16.7 Å². The predicted octanol–water partition coefficient (Wildman–Crippen LogP) is 5.65. The third-order valence-electron chi connectivity index (χ3n) is 6.34. The summed E-state index contributed by atoms with van der Waals surface area (Å²) in [6.45, 7) is 11.6. The largest absolute Gasteiger partial charge is 0.454 e. The Morgan fingerprint density at radius 1 is 1.32 bits per heavy atom. The topological polar surface area (TPSA) is 49.4 Å². The number of Topliss-reactive ketones (excluding diaryl/α,β-unsaturated/α-hetero) is 1. The molecule has 1 aliphatic carbocycles. The number of carbonyl (C=O) groups is 2. The summed E-state index contributed by atoms with van der Waals surface area (Å²) in [6, 6.07) is 0. The lowest BCUT2D eigenvalue weighted by atomic mass is 9.75. The fourth-order valence-corrected chi connectivity index (χ4v) is 3.76. The van der Waals surface area contributed by atoms with Gasteiger partial charge in [0, 0.05) is 41.5 Å². The average molecular weight is 439 g/mol. The van der Waals surface area contributed by atoms with Crippen LogP contribution < -0.4 is 5.32 Å². The van der Waals surface area contributed by atoms with E-state index in [-0.39, 0.29) is 16.9 Å². The summed E-state index contributed by atoms with van der Waals surface area (Å²) in [5, 5.41) is 2.97. The Morgan fingerprint density at radius 2 is 1.97 bits per heavy atom. The van der Waals surface area contributed by atoms with E-state index in [0.717, 1.165) is 42.6 Å². The Hall–Kier alpha value is -2.31. The first-order valence-corrected chi connectivity index (χ1v) is 10.7. The molecule has 0 spiro atoms.